The molecule has 1 aliphatic rings. The van der Waals surface area contributed by atoms with Crippen LogP contribution in [0.4, 0.5) is 8.78 Å². The van der Waals surface area contributed by atoms with E-state index >= 15 is 0 Å². The van der Waals surface area contributed by atoms with Crippen LogP contribution in [0.3, 0.4) is 0 Å². The molecule has 0 atom stereocenters. The lowest BCUT2D eigenvalue weighted by Crippen LogP contribution is -2.15. The molecule has 0 nitrogen and oxygen atoms in total. The Hall–Kier alpha value is -2.92. The number of fused-ring (bicyclic) bond motifs is 1. The molecule has 4 rings (SSSR count). The second kappa shape index (κ2) is 10.6. The van der Waals surface area contributed by atoms with Crippen molar-refractivity contribution in [3.8, 4) is 11.8 Å². The van der Waals surface area contributed by atoms with E-state index in [-0.39, 0.29) is 0 Å². The smallest absolute Gasteiger partial charge is 0.159 e. The van der Waals surface area contributed by atoms with Crippen LogP contribution in [0, 0.1) is 35.3 Å². The first-order chi connectivity index (χ1) is 15.6. The van der Waals surface area contributed by atoms with Gasteiger partial charge in [0.25, 0.3) is 0 Å². The van der Waals surface area contributed by atoms with Crippen molar-refractivity contribution in [2.45, 2.75) is 51.4 Å². The third-order valence-corrected chi connectivity index (χ3v) is 6.77. The maximum atomic E-state index is 13.5. The maximum absolute atomic E-state index is 13.5. The normalized spacial score (nSPS) is 18.2. The molecule has 164 valence electrons. The van der Waals surface area contributed by atoms with Crippen molar-refractivity contribution >= 4 is 10.8 Å². The number of aryl methyl sites for hydroxylation is 1. The van der Waals surface area contributed by atoms with Gasteiger partial charge in [0.15, 0.2) is 11.6 Å². The van der Waals surface area contributed by atoms with Crippen molar-refractivity contribution in [3.05, 3.63) is 95.6 Å². The van der Waals surface area contributed by atoms with E-state index in [0.717, 1.165) is 35.8 Å². The summed E-state index contributed by atoms with van der Waals surface area (Å²) in [5.74, 6) is 6.43. The standard InChI is InChI=1S/C30H30F2/c1-2-3-4-22-5-7-23(8-6-22)9-10-24-11-13-25(14-12-24)15-16-26-17-18-27-20-29(31)30(32)21-28(27)19-26/h2,11-14,17-23H,1,3-10H2. The van der Waals surface area contributed by atoms with E-state index in [1.807, 2.05) is 12.1 Å². The van der Waals surface area contributed by atoms with Gasteiger partial charge in [0.05, 0.1) is 0 Å². The summed E-state index contributed by atoms with van der Waals surface area (Å²) in [6, 6.07) is 16.4. The van der Waals surface area contributed by atoms with Gasteiger partial charge in [0, 0.05) is 11.1 Å². The van der Waals surface area contributed by atoms with Crippen LogP contribution in [0.1, 0.15) is 61.6 Å². The van der Waals surface area contributed by atoms with Gasteiger partial charge < -0.3 is 0 Å². The minimum Gasteiger partial charge on any atom is -0.204 e. The minimum atomic E-state index is -0.834. The Morgan fingerprint density at radius 2 is 1.34 bits per heavy atom. The van der Waals surface area contributed by atoms with Crippen LogP contribution in [0.5, 0.6) is 0 Å². The fourth-order valence-corrected chi connectivity index (χ4v) is 4.75. The average molecular weight is 429 g/mol. The summed E-state index contributed by atoms with van der Waals surface area (Å²) in [5, 5.41) is 1.32. The van der Waals surface area contributed by atoms with Crippen LogP contribution in [0.2, 0.25) is 0 Å². The number of halogens is 2. The van der Waals surface area contributed by atoms with Gasteiger partial charge in [-0.3, -0.25) is 0 Å². The third kappa shape index (κ3) is 5.86. The summed E-state index contributed by atoms with van der Waals surface area (Å²) in [6.45, 7) is 3.84. The minimum absolute atomic E-state index is 0.654. The second-order valence-electron chi connectivity index (χ2n) is 9.07. The topological polar surface area (TPSA) is 0 Å². The highest BCUT2D eigenvalue weighted by atomic mass is 19.2. The summed E-state index contributed by atoms with van der Waals surface area (Å²) >= 11 is 0. The molecule has 1 saturated carbocycles. The van der Waals surface area contributed by atoms with Crippen molar-refractivity contribution in [1.29, 1.82) is 0 Å². The summed E-state index contributed by atoms with van der Waals surface area (Å²) in [5.41, 5.74) is 3.12. The first-order valence-electron chi connectivity index (χ1n) is 11.7. The lowest BCUT2D eigenvalue weighted by molar-refractivity contribution is 0.254. The predicted molar refractivity (Wildman–Crippen MR) is 129 cm³/mol. The predicted octanol–water partition coefficient (Wildman–Crippen LogP) is 8.22. The van der Waals surface area contributed by atoms with E-state index in [1.165, 1.54) is 56.2 Å². The molecule has 0 radical (unpaired) electrons. The number of hydrogen-bond acceptors (Lipinski definition) is 0. The summed E-state index contributed by atoms with van der Waals surface area (Å²) in [7, 11) is 0. The molecule has 0 aliphatic heterocycles. The molecule has 0 amide bonds. The van der Waals surface area contributed by atoms with Crippen molar-refractivity contribution in [1.82, 2.24) is 0 Å². The third-order valence-electron chi connectivity index (χ3n) is 6.77. The fourth-order valence-electron chi connectivity index (χ4n) is 4.75. The largest absolute Gasteiger partial charge is 0.204 e. The van der Waals surface area contributed by atoms with Crippen LogP contribution < -0.4 is 0 Å². The molecule has 0 heterocycles. The van der Waals surface area contributed by atoms with E-state index in [9.17, 15) is 8.78 Å². The van der Waals surface area contributed by atoms with Crippen LogP contribution in [-0.4, -0.2) is 0 Å². The Bertz CT molecular complexity index is 1120. The zero-order chi connectivity index (χ0) is 22.3. The summed E-state index contributed by atoms with van der Waals surface area (Å²) in [4.78, 5) is 0. The Morgan fingerprint density at radius 3 is 2.03 bits per heavy atom. The highest BCUT2D eigenvalue weighted by Crippen LogP contribution is 2.34. The molecule has 3 aromatic carbocycles. The monoisotopic (exact) mass is 428 g/mol. The lowest BCUT2D eigenvalue weighted by Gasteiger charge is -2.28. The van der Waals surface area contributed by atoms with E-state index in [4.69, 9.17) is 0 Å². The first-order valence-corrected chi connectivity index (χ1v) is 11.7. The Morgan fingerprint density at radius 1 is 0.750 bits per heavy atom. The number of benzene rings is 3. The van der Waals surface area contributed by atoms with Crippen LogP contribution in [0.25, 0.3) is 10.8 Å². The first kappa shape index (κ1) is 22.3. The fraction of sp³-hybridized carbons (Fsp3) is 0.333. The van der Waals surface area contributed by atoms with Crippen molar-refractivity contribution in [2.24, 2.45) is 11.8 Å². The molecule has 0 spiro atoms. The molecular formula is C30H30F2. The maximum Gasteiger partial charge on any atom is 0.159 e. The van der Waals surface area contributed by atoms with Gasteiger partial charge in [0.2, 0.25) is 0 Å². The molecule has 0 bridgehead atoms. The number of rotatable bonds is 6. The van der Waals surface area contributed by atoms with Gasteiger partial charge in [-0.15, -0.1) is 6.58 Å². The van der Waals surface area contributed by atoms with Crippen molar-refractivity contribution in [3.63, 3.8) is 0 Å². The lowest BCUT2D eigenvalue weighted by atomic mass is 9.78. The zero-order valence-corrected chi connectivity index (χ0v) is 18.5. The molecule has 0 saturated heterocycles. The molecular weight excluding hydrogens is 398 g/mol. The molecule has 0 unspecified atom stereocenters. The Kier molecular flexibility index (Phi) is 7.38. The van der Waals surface area contributed by atoms with E-state index in [1.54, 1.807) is 12.1 Å². The molecule has 2 heteroatoms. The quantitative estimate of drug-likeness (QED) is 0.274. The van der Waals surface area contributed by atoms with E-state index < -0.39 is 11.6 Å². The highest BCUT2D eigenvalue weighted by Gasteiger charge is 2.20. The van der Waals surface area contributed by atoms with Gasteiger partial charge >= 0.3 is 0 Å². The molecule has 1 aliphatic carbocycles. The molecule has 3 aromatic rings. The van der Waals surface area contributed by atoms with E-state index in [2.05, 4.69) is 42.7 Å². The van der Waals surface area contributed by atoms with Crippen LogP contribution in [-0.2, 0) is 6.42 Å². The highest BCUT2D eigenvalue weighted by molar-refractivity contribution is 5.84. The van der Waals surface area contributed by atoms with Crippen molar-refractivity contribution < 1.29 is 8.78 Å². The zero-order valence-electron chi connectivity index (χ0n) is 18.5. The number of allylic oxidation sites excluding steroid dienone is 1. The summed E-state index contributed by atoms with van der Waals surface area (Å²) < 4.78 is 26.9. The molecule has 0 aromatic heterocycles. The van der Waals surface area contributed by atoms with Gasteiger partial charge in [0.1, 0.15) is 0 Å². The van der Waals surface area contributed by atoms with Gasteiger partial charge in [-0.05, 0) is 90.3 Å². The molecule has 32 heavy (non-hydrogen) atoms. The second-order valence-corrected chi connectivity index (χ2v) is 9.07. The number of hydrogen-bond donors (Lipinski definition) is 0. The Balaban J connectivity index is 1.31. The Labute approximate surface area is 190 Å². The van der Waals surface area contributed by atoms with Crippen molar-refractivity contribution in [2.75, 3.05) is 0 Å². The van der Waals surface area contributed by atoms with Crippen LogP contribution >= 0.6 is 0 Å². The van der Waals surface area contributed by atoms with Crippen LogP contribution in [0.15, 0.2) is 67.3 Å². The summed E-state index contributed by atoms with van der Waals surface area (Å²) in [6.07, 6.45) is 12.4. The van der Waals surface area contributed by atoms with Gasteiger partial charge in [-0.2, -0.15) is 0 Å². The van der Waals surface area contributed by atoms with Gasteiger partial charge in [-0.1, -0.05) is 61.8 Å². The van der Waals surface area contributed by atoms with Gasteiger partial charge in [-0.25, -0.2) is 8.78 Å². The SMILES string of the molecule is C=CCCC1CCC(CCc2ccc(C#Cc3ccc4cc(F)c(F)cc4c3)cc2)CC1. The van der Waals surface area contributed by atoms with E-state index in [0.29, 0.717) is 10.8 Å². The molecule has 1 fully saturated rings. The molecule has 0 N–H and O–H groups in total. The average Bonchev–Trinajstić information content (AvgIpc) is 2.82.